The molecule has 4 fully saturated rings. The zero-order chi connectivity index (χ0) is 14.9. The fourth-order valence-electron chi connectivity index (χ4n) is 6.71. The van der Waals surface area contributed by atoms with Crippen molar-refractivity contribution >= 4 is 5.78 Å². The Hall–Kier alpha value is -0.330. The Labute approximate surface area is 136 Å². The molecule has 0 aliphatic heterocycles. The van der Waals surface area contributed by atoms with Gasteiger partial charge in [0.2, 0.25) is 0 Å². The molecule has 0 aromatic carbocycles. The lowest BCUT2D eigenvalue weighted by Crippen LogP contribution is -2.12. The van der Waals surface area contributed by atoms with Crippen LogP contribution in [0, 0.1) is 35.5 Å². The number of fused-ring (bicyclic) bond motifs is 4. The zero-order valence-corrected chi connectivity index (χ0v) is 14.3. The molecule has 1 nitrogen and oxygen atoms in total. The number of hydrogen-bond donors (Lipinski definition) is 0. The quantitative estimate of drug-likeness (QED) is 0.556. The van der Waals surface area contributed by atoms with Gasteiger partial charge in [-0.05, 0) is 99.7 Å². The van der Waals surface area contributed by atoms with Crippen LogP contribution in [0.5, 0.6) is 0 Å². The van der Waals surface area contributed by atoms with Crippen molar-refractivity contribution in [2.24, 2.45) is 35.5 Å². The van der Waals surface area contributed by atoms with E-state index in [4.69, 9.17) is 0 Å². The first kappa shape index (κ1) is 15.2. The second-order valence-corrected chi connectivity index (χ2v) is 9.19. The van der Waals surface area contributed by atoms with Crippen LogP contribution in [-0.2, 0) is 4.79 Å². The second kappa shape index (κ2) is 6.65. The fourth-order valence-corrected chi connectivity index (χ4v) is 6.71. The molecule has 4 rings (SSSR count). The van der Waals surface area contributed by atoms with Crippen molar-refractivity contribution in [3.8, 4) is 0 Å². The SMILES string of the molecule is O=C(CCCC1CC2CCC1C2)CCCC1CC2CCC1C2. The van der Waals surface area contributed by atoms with Gasteiger partial charge in [-0.1, -0.05) is 12.8 Å². The highest BCUT2D eigenvalue weighted by molar-refractivity contribution is 5.78. The van der Waals surface area contributed by atoms with E-state index in [1.807, 2.05) is 0 Å². The molecule has 4 aliphatic rings. The highest BCUT2D eigenvalue weighted by Gasteiger charge is 2.39. The maximum atomic E-state index is 12.1. The molecule has 0 aromatic heterocycles. The number of hydrogen-bond acceptors (Lipinski definition) is 1. The van der Waals surface area contributed by atoms with Crippen LogP contribution in [0.25, 0.3) is 0 Å². The number of rotatable bonds is 8. The van der Waals surface area contributed by atoms with Crippen LogP contribution in [0.1, 0.15) is 89.9 Å². The summed E-state index contributed by atoms with van der Waals surface area (Å²) in [4.78, 5) is 12.1. The molecule has 6 atom stereocenters. The number of carbonyl (C=O) groups is 1. The molecule has 6 unspecified atom stereocenters. The lowest BCUT2D eigenvalue weighted by molar-refractivity contribution is -0.119. The van der Waals surface area contributed by atoms with Crippen molar-refractivity contribution in [3.63, 3.8) is 0 Å². The predicted octanol–water partition coefficient (Wildman–Crippen LogP) is 5.77. The van der Waals surface area contributed by atoms with Gasteiger partial charge in [0.15, 0.2) is 0 Å². The van der Waals surface area contributed by atoms with Crippen LogP contribution >= 0.6 is 0 Å². The first-order valence-corrected chi connectivity index (χ1v) is 10.3. The van der Waals surface area contributed by atoms with Gasteiger partial charge in [0.05, 0.1) is 0 Å². The molecule has 22 heavy (non-hydrogen) atoms. The Morgan fingerprint density at radius 2 is 1.18 bits per heavy atom. The average molecular weight is 303 g/mol. The Morgan fingerprint density at radius 1 is 0.682 bits per heavy atom. The summed E-state index contributed by atoms with van der Waals surface area (Å²) in [5.41, 5.74) is 0. The summed E-state index contributed by atoms with van der Waals surface area (Å²) >= 11 is 0. The third-order valence-corrected chi connectivity index (χ3v) is 7.83. The Bertz CT molecular complexity index is 365. The monoisotopic (exact) mass is 302 g/mol. The van der Waals surface area contributed by atoms with Crippen LogP contribution < -0.4 is 0 Å². The maximum Gasteiger partial charge on any atom is 0.132 e. The van der Waals surface area contributed by atoms with E-state index >= 15 is 0 Å². The van der Waals surface area contributed by atoms with E-state index in [-0.39, 0.29) is 0 Å². The molecule has 1 heteroatoms. The molecule has 4 bridgehead atoms. The van der Waals surface area contributed by atoms with Crippen LogP contribution in [0.3, 0.4) is 0 Å². The standard InChI is InChI=1S/C21H34O/c22-21(5-1-3-17-11-15-7-9-19(17)13-15)6-2-4-18-12-16-8-10-20(18)14-16/h15-20H,1-14H2. The van der Waals surface area contributed by atoms with Gasteiger partial charge >= 0.3 is 0 Å². The normalized spacial score (nSPS) is 42.4. The first-order chi connectivity index (χ1) is 10.8. The smallest absolute Gasteiger partial charge is 0.132 e. The topological polar surface area (TPSA) is 17.1 Å². The maximum absolute atomic E-state index is 12.1. The molecule has 0 amide bonds. The van der Waals surface area contributed by atoms with Crippen LogP contribution in [0.15, 0.2) is 0 Å². The van der Waals surface area contributed by atoms with Crippen molar-refractivity contribution in [1.82, 2.24) is 0 Å². The zero-order valence-electron chi connectivity index (χ0n) is 14.3. The first-order valence-electron chi connectivity index (χ1n) is 10.3. The number of carbonyl (C=O) groups excluding carboxylic acids is 1. The number of ketones is 1. The highest BCUT2D eigenvalue weighted by Crippen LogP contribution is 2.50. The van der Waals surface area contributed by atoms with Gasteiger partial charge in [0, 0.05) is 12.8 Å². The minimum absolute atomic E-state index is 0.561. The molecule has 0 spiro atoms. The van der Waals surface area contributed by atoms with Gasteiger partial charge in [-0.2, -0.15) is 0 Å². The summed E-state index contributed by atoms with van der Waals surface area (Å²) in [6, 6.07) is 0. The number of Topliss-reactive ketones (excluding diaryl/α,β-unsaturated/α-hetero) is 1. The van der Waals surface area contributed by atoms with E-state index in [1.54, 1.807) is 0 Å². The minimum atomic E-state index is 0.561. The molecule has 4 aliphatic carbocycles. The summed E-state index contributed by atoms with van der Waals surface area (Å²) in [7, 11) is 0. The molecule has 0 radical (unpaired) electrons. The Kier molecular flexibility index (Phi) is 4.60. The molecule has 0 N–H and O–H groups in total. The van der Waals surface area contributed by atoms with Gasteiger partial charge in [-0.25, -0.2) is 0 Å². The third kappa shape index (κ3) is 3.29. The van der Waals surface area contributed by atoms with E-state index in [9.17, 15) is 4.79 Å². The summed E-state index contributed by atoms with van der Waals surface area (Å²) in [6.07, 6.45) is 18.8. The summed E-state index contributed by atoms with van der Waals surface area (Å²) in [5.74, 6) is 6.74. The average Bonchev–Trinajstić information content (AvgIpc) is 3.28. The molecule has 4 saturated carbocycles. The van der Waals surface area contributed by atoms with Gasteiger partial charge in [0.25, 0.3) is 0 Å². The largest absolute Gasteiger partial charge is 0.300 e. The Morgan fingerprint density at radius 3 is 1.55 bits per heavy atom. The highest BCUT2D eigenvalue weighted by atomic mass is 16.1. The van der Waals surface area contributed by atoms with E-state index in [1.165, 1.54) is 77.0 Å². The lowest BCUT2D eigenvalue weighted by atomic mass is 9.84. The summed E-state index contributed by atoms with van der Waals surface area (Å²) in [5, 5.41) is 0. The summed E-state index contributed by atoms with van der Waals surface area (Å²) < 4.78 is 0. The lowest BCUT2D eigenvalue weighted by Gasteiger charge is -2.21. The van der Waals surface area contributed by atoms with Crippen molar-refractivity contribution in [2.45, 2.75) is 89.9 Å². The molecule has 124 valence electrons. The van der Waals surface area contributed by atoms with Crippen LogP contribution in [0.4, 0.5) is 0 Å². The van der Waals surface area contributed by atoms with Gasteiger partial charge in [-0.3, -0.25) is 4.79 Å². The van der Waals surface area contributed by atoms with Gasteiger partial charge in [-0.15, -0.1) is 0 Å². The molecular formula is C21H34O. The summed E-state index contributed by atoms with van der Waals surface area (Å²) in [6.45, 7) is 0. The molecule has 0 saturated heterocycles. The van der Waals surface area contributed by atoms with Crippen molar-refractivity contribution in [2.75, 3.05) is 0 Å². The molecular weight excluding hydrogens is 268 g/mol. The van der Waals surface area contributed by atoms with Gasteiger partial charge < -0.3 is 0 Å². The van der Waals surface area contributed by atoms with Crippen molar-refractivity contribution < 1.29 is 4.79 Å². The van der Waals surface area contributed by atoms with E-state index < -0.39 is 0 Å². The van der Waals surface area contributed by atoms with E-state index in [2.05, 4.69) is 0 Å². The molecule has 0 aromatic rings. The Balaban J connectivity index is 1.07. The third-order valence-electron chi connectivity index (χ3n) is 7.83. The van der Waals surface area contributed by atoms with Crippen LogP contribution in [0.2, 0.25) is 0 Å². The van der Waals surface area contributed by atoms with Gasteiger partial charge in [0.1, 0.15) is 5.78 Å². The minimum Gasteiger partial charge on any atom is -0.300 e. The predicted molar refractivity (Wildman–Crippen MR) is 90.6 cm³/mol. The van der Waals surface area contributed by atoms with E-state index in [0.717, 1.165) is 48.3 Å². The van der Waals surface area contributed by atoms with Crippen molar-refractivity contribution in [1.29, 1.82) is 0 Å². The van der Waals surface area contributed by atoms with Crippen LogP contribution in [-0.4, -0.2) is 5.78 Å². The second-order valence-electron chi connectivity index (χ2n) is 9.19. The molecule has 0 heterocycles. The van der Waals surface area contributed by atoms with E-state index in [0.29, 0.717) is 5.78 Å². The van der Waals surface area contributed by atoms with Crippen molar-refractivity contribution in [3.05, 3.63) is 0 Å². The fraction of sp³-hybridized carbons (Fsp3) is 0.952.